The second kappa shape index (κ2) is 16.8. The van der Waals surface area contributed by atoms with Gasteiger partial charge in [0.25, 0.3) is 0 Å². The molecule has 0 heterocycles. The number of benzene rings is 3. The SMILES string of the molecule is CN(C)c1ccccc1.CN(C)c1ccccc1.CN(C)c1ccccc1.OB(O)O. The third-order valence-corrected chi connectivity index (χ3v) is 3.82. The molecule has 6 nitrogen and oxygen atoms in total. The Bertz CT molecular complexity index is 666. The molecule has 31 heavy (non-hydrogen) atoms. The average molecular weight is 425 g/mol. The summed E-state index contributed by atoms with van der Waals surface area (Å²) in [5.41, 5.74) is 3.74. The van der Waals surface area contributed by atoms with E-state index >= 15 is 0 Å². The van der Waals surface area contributed by atoms with Crippen molar-refractivity contribution in [1.82, 2.24) is 0 Å². The summed E-state index contributed by atoms with van der Waals surface area (Å²) in [6.07, 6.45) is 0. The van der Waals surface area contributed by atoms with Gasteiger partial charge in [0.2, 0.25) is 0 Å². The van der Waals surface area contributed by atoms with Crippen LogP contribution in [0.3, 0.4) is 0 Å². The number of anilines is 3. The fraction of sp³-hybridized carbons (Fsp3) is 0.250. The molecule has 0 aliphatic carbocycles. The van der Waals surface area contributed by atoms with Crippen LogP contribution in [0.4, 0.5) is 17.1 Å². The van der Waals surface area contributed by atoms with Gasteiger partial charge in [-0.25, -0.2) is 0 Å². The Balaban J connectivity index is 0.000000402. The van der Waals surface area contributed by atoms with Gasteiger partial charge in [0, 0.05) is 59.3 Å². The number of nitrogens with zero attached hydrogens (tertiary/aromatic N) is 3. The van der Waals surface area contributed by atoms with Gasteiger partial charge in [-0.1, -0.05) is 54.6 Å². The van der Waals surface area contributed by atoms with Gasteiger partial charge in [-0.2, -0.15) is 0 Å². The molecule has 0 unspecified atom stereocenters. The highest BCUT2D eigenvalue weighted by Crippen LogP contribution is 2.08. The van der Waals surface area contributed by atoms with Crippen molar-refractivity contribution >= 4 is 24.4 Å². The molecular weight excluding hydrogens is 389 g/mol. The third kappa shape index (κ3) is 15.5. The van der Waals surface area contributed by atoms with E-state index in [1.54, 1.807) is 0 Å². The van der Waals surface area contributed by atoms with E-state index in [9.17, 15) is 0 Å². The molecule has 0 aliphatic heterocycles. The van der Waals surface area contributed by atoms with Crippen LogP contribution in [0.15, 0.2) is 91.0 Å². The summed E-state index contributed by atoms with van der Waals surface area (Å²) >= 11 is 0. The lowest BCUT2D eigenvalue weighted by molar-refractivity contribution is 0.278. The van der Waals surface area contributed by atoms with Crippen molar-refractivity contribution in [3.05, 3.63) is 91.0 Å². The zero-order valence-electron chi connectivity index (χ0n) is 19.4. The van der Waals surface area contributed by atoms with Gasteiger partial charge in [-0.15, -0.1) is 0 Å². The maximum atomic E-state index is 7.17. The van der Waals surface area contributed by atoms with E-state index in [1.807, 2.05) is 96.9 Å². The summed E-state index contributed by atoms with van der Waals surface area (Å²) < 4.78 is 0. The van der Waals surface area contributed by atoms with Gasteiger partial charge in [0.15, 0.2) is 0 Å². The van der Waals surface area contributed by atoms with Crippen molar-refractivity contribution in [2.45, 2.75) is 0 Å². The molecule has 0 bridgehead atoms. The molecule has 0 aliphatic rings. The minimum absolute atomic E-state index is 1.25. The fourth-order valence-corrected chi connectivity index (χ4v) is 2.18. The van der Waals surface area contributed by atoms with E-state index < -0.39 is 7.32 Å². The molecule has 0 amide bonds. The maximum Gasteiger partial charge on any atom is 0.631 e. The van der Waals surface area contributed by atoms with Gasteiger partial charge in [-0.3, -0.25) is 0 Å². The zero-order valence-corrected chi connectivity index (χ0v) is 19.4. The number of hydrogen-bond donors (Lipinski definition) is 3. The van der Waals surface area contributed by atoms with Gasteiger partial charge < -0.3 is 29.8 Å². The van der Waals surface area contributed by atoms with Crippen molar-refractivity contribution in [3.63, 3.8) is 0 Å². The summed E-state index contributed by atoms with van der Waals surface area (Å²) in [4.78, 5) is 6.25. The lowest BCUT2D eigenvalue weighted by Crippen LogP contribution is -2.07. The highest BCUT2D eigenvalue weighted by atomic mass is 16.5. The van der Waals surface area contributed by atoms with Crippen molar-refractivity contribution in [2.24, 2.45) is 0 Å². The molecule has 0 atom stereocenters. The van der Waals surface area contributed by atoms with E-state index in [0.29, 0.717) is 0 Å². The molecule has 168 valence electrons. The van der Waals surface area contributed by atoms with Crippen molar-refractivity contribution in [1.29, 1.82) is 0 Å². The topological polar surface area (TPSA) is 70.4 Å². The van der Waals surface area contributed by atoms with Gasteiger partial charge in [0.1, 0.15) is 0 Å². The molecule has 7 heteroatoms. The largest absolute Gasteiger partial charge is 0.631 e. The minimum atomic E-state index is -2.17. The molecule has 0 fully saturated rings. The standard InChI is InChI=1S/3C8H11N.BH3O3/c3*1-9(2)8-6-4-3-5-7-8;2-1(3)4/h3*3-7H,1-2H3;2-4H. The van der Waals surface area contributed by atoms with Crippen molar-refractivity contribution in [2.75, 3.05) is 57.0 Å². The molecule has 3 aromatic rings. The fourth-order valence-electron chi connectivity index (χ4n) is 2.18. The predicted molar refractivity (Wildman–Crippen MR) is 135 cm³/mol. The zero-order chi connectivity index (χ0) is 23.6. The van der Waals surface area contributed by atoms with Crippen molar-refractivity contribution in [3.8, 4) is 0 Å². The Labute approximate surface area is 187 Å². The van der Waals surface area contributed by atoms with Gasteiger partial charge in [-0.05, 0) is 36.4 Å². The molecule has 0 aromatic heterocycles. The molecule has 0 radical (unpaired) electrons. The van der Waals surface area contributed by atoms with E-state index in [2.05, 4.69) is 51.1 Å². The van der Waals surface area contributed by atoms with Crippen molar-refractivity contribution < 1.29 is 15.1 Å². The van der Waals surface area contributed by atoms with E-state index in [4.69, 9.17) is 15.1 Å². The van der Waals surface area contributed by atoms with Gasteiger partial charge in [0.05, 0.1) is 0 Å². The van der Waals surface area contributed by atoms with Crippen LogP contribution in [0.1, 0.15) is 0 Å². The third-order valence-electron chi connectivity index (χ3n) is 3.82. The Morgan fingerprint density at radius 1 is 0.419 bits per heavy atom. The Morgan fingerprint density at radius 2 is 0.581 bits per heavy atom. The van der Waals surface area contributed by atoms with Crippen LogP contribution in [0.5, 0.6) is 0 Å². The molecule has 3 N–H and O–H groups in total. The second-order valence-electron chi connectivity index (χ2n) is 7.04. The first-order valence-electron chi connectivity index (χ1n) is 9.86. The van der Waals surface area contributed by atoms with Gasteiger partial charge >= 0.3 is 7.32 Å². The summed E-state index contributed by atoms with van der Waals surface area (Å²) in [5.74, 6) is 0. The first kappa shape index (κ1) is 28.0. The summed E-state index contributed by atoms with van der Waals surface area (Å²) in [6.45, 7) is 0. The first-order chi connectivity index (χ1) is 14.6. The second-order valence-corrected chi connectivity index (χ2v) is 7.04. The molecule has 0 saturated heterocycles. The Hall–Kier alpha value is -3.00. The monoisotopic (exact) mass is 425 g/mol. The molecule has 0 spiro atoms. The summed E-state index contributed by atoms with van der Waals surface area (Å²) in [7, 11) is 10.1. The normalized spacial score (nSPS) is 8.81. The predicted octanol–water partition coefficient (Wildman–Crippen LogP) is 3.21. The Kier molecular flexibility index (Phi) is 15.1. The highest BCUT2D eigenvalue weighted by molar-refractivity contribution is 6.30. The summed E-state index contributed by atoms with van der Waals surface area (Å²) in [5, 5.41) is 21.5. The van der Waals surface area contributed by atoms with Crippen LogP contribution in [0, 0.1) is 0 Å². The highest BCUT2D eigenvalue weighted by Gasteiger charge is 1.92. The maximum absolute atomic E-state index is 7.17. The van der Waals surface area contributed by atoms with Crippen LogP contribution in [0.25, 0.3) is 0 Å². The smallest absolute Gasteiger partial charge is 0.402 e. The van der Waals surface area contributed by atoms with Crippen LogP contribution < -0.4 is 14.7 Å². The van der Waals surface area contributed by atoms with E-state index in [-0.39, 0.29) is 0 Å². The van der Waals surface area contributed by atoms with E-state index in [1.165, 1.54) is 17.1 Å². The number of rotatable bonds is 3. The molecular formula is C24H36BN3O3. The minimum Gasteiger partial charge on any atom is -0.402 e. The molecule has 0 saturated carbocycles. The Morgan fingerprint density at radius 3 is 0.677 bits per heavy atom. The summed E-state index contributed by atoms with van der Waals surface area (Å²) in [6, 6.07) is 30.8. The quantitative estimate of drug-likeness (QED) is 0.560. The van der Waals surface area contributed by atoms with Crippen LogP contribution in [0.2, 0.25) is 0 Å². The lowest BCUT2D eigenvalue weighted by atomic mass is 10.3. The first-order valence-corrected chi connectivity index (χ1v) is 9.86. The van der Waals surface area contributed by atoms with E-state index in [0.717, 1.165) is 0 Å². The average Bonchev–Trinajstić information content (AvgIpc) is 2.76. The van der Waals surface area contributed by atoms with Crippen LogP contribution in [-0.4, -0.2) is 64.7 Å². The lowest BCUT2D eigenvalue weighted by Gasteiger charge is -2.10. The van der Waals surface area contributed by atoms with Crippen LogP contribution in [-0.2, 0) is 0 Å². The molecule has 3 aromatic carbocycles. The molecule has 3 rings (SSSR count). The number of hydrogen-bond acceptors (Lipinski definition) is 6. The number of para-hydroxylation sites is 3. The van der Waals surface area contributed by atoms with Crippen LogP contribution >= 0.6 is 0 Å².